The van der Waals surface area contributed by atoms with Crippen LogP contribution in [0.3, 0.4) is 0 Å². The van der Waals surface area contributed by atoms with E-state index in [0.29, 0.717) is 17.7 Å². The lowest BCUT2D eigenvalue weighted by molar-refractivity contribution is 0.0658. The van der Waals surface area contributed by atoms with E-state index >= 15 is 0 Å². The highest BCUT2D eigenvalue weighted by Crippen LogP contribution is 2.22. The third-order valence-corrected chi connectivity index (χ3v) is 5.59. The van der Waals surface area contributed by atoms with Gasteiger partial charge in [-0.25, -0.2) is 0 Å². The van der Waals surface area contributed by atoms with Crippen molar-refractivity contribution in [3.63, 3.8) is 0 Å². The molecule has 2 heterocycles. The number of fused-ring (bicyclic) bond motifs is 1. The number of hydrogen-bond acceptors (Lipinski definition) is 4. The Morgan fingerprint density at radius 3 is 2.23 bits per heavy atom. The van der Waals surface area contributed by atoms with Gasteiger partial charge in [0.25, 0.3) is 11.8 Å². The number of ether oxygens (including phenoxy) is 1. The maximum absolute atomic E-state index is 12.5. The van der Waals surface area contributed by atoms with Gasteiger partial charge in [0.05, 0.1) is 17.7 Å². The van der Waals surface area contributed by atoms with E-state index in [1.807, 2.05) is 37.3 Å². The van der Waals surface area contributed by atoms with Crippen molar-refractivity contribution >= 4 is 17.8 Å². The Labute approximate surface area is 182 Å². The van der Waals surface area contributed by atoms with Crippen molar-refractivity contribution in [2.24, 2.45) is 4.99 Å². The first-order valence-corrected chi connectivity index (χ1v) is 10.9. The topological polar surface area (TPSA) is 74.2 Å². The number of benzene rings is 2. The summed E-state index contributed by atoms with van der Waals surface area (Å²) in [5.74, 6) is 1.25. The van der Waals surface area contributed by atoms with E-state index in [0.717, 1.165) is 44.2 Å². The first-order valence-electron chi connectivity index (χ1n) is 10.9. The molecule has 0 aliphatic carbocycles. The van der Waals surface area contributed by atoms with E-state index in [4.69, 9.17) is 4.74 Å². The molecule has 0 bridgehead atoms. The normalized spacial score (nSPS) is 17.1. The number of rotatable bonds is 6. The summed E-state index contributed by atoms with van der Waals surface area (Å²) in [4.78, 5) is 33.2. The molecule has 4 rings (SSSR count). The standard InChI is InChI=1S/C24H28N4O3/c1-2-25-24(27-15-12-19(13-16-27)31-18-8-4-3-5-9-18)26-14-17-28-22(29)20-10-6-7-11-21(20)23(28)30/h3-11,19H,2,12-17H2,1H3,(H,25,26). The zero-order valence-electron chi connectivity index (χ0n) is 17.8. The Morgan fingerprint density at radius 1 is 1.00 bits per heavy atom. The highest BCUT2D eigenvalue weighted by molar-refractivity contribution is 6.21. The van der Waals surface area contributed by atoms with Crippen molar-refractivity contribution in [3.05, 3.63) is 65.7 Å². The van der Waals surface area contributed by atoms with Gasteiger partial charge in [0.15, 0.2) is 5.96 Å². The summed E-state index contributed by atoms with van der Waals surface area (Å²) in [6.07, 6.45) is 2.02. The number of imide groups is 1. The monoisotopic (exact) mass is 420 g/mol. The third-order valence-electron chi connectivity index (χ3n) is 5.59. The van der Waals surface area contributed by atoms with Crippen molar-refractivity contribution in [1.29, 1.82) is 0 Å². The van der Waals surface area contributed by atoms with Gasteiger partial charge < -0.3 is 15.0 Å². The maximum Gasteiger partial charge on any atom is 0.261 e. The van der Waals surface area contributed by atoms with Crippen molar-refractivity contribution in [2.45, 2.75) is 25.9 Å². The predicted molar refractivity (Wildman–Crippen MR) is 119 cm³/mol. The van der Waals surface area contributed by atoms with Gasteiger partial charge in [-0.15, -0.1) is 0 Å². The Bertz CT molecular complexity index is 917. The molecule has 7 nitrogen and oxygen atoms in total. The molecule has 0 saturated carbocycles. The number of carbonyl (C=O) groups is 2. The summed E-state index contributed by atoms with van der Waals surface area (Å²) < 4.78 is 6.08. The number of aliphatic imine (C=N–C) groups is 1. The van der Waals surface area contributed by atoms with Crippen molar-refractivity contribution in [2.75, 3.05) is 32.7 Å². The molecular formula is C24H28N4O3. The summed E-state index contributed by atoms with van der Waals surface area (Å²) in [7, 11) is 0. The van der Waals surface area contributed by atoms with Crippen LogP contribution in [0.5, 0.6) is 5.75 Å². The number of piperidine rings is 1. The molecule has 0 unspecified atom stereocenters. The Kier molecular flexibility index (Phi) is 6.50. The molecule has 7 heteroatoms. The number of likely N-dealkylation sites (tertiary alicyclic amines) is 1. The second-order valence-corrected chi connectivity index (χ2v) is 7.66. The lowest BCUT2D eigenvalue weighted by atomic mass is 10.1. The summed E-state index contributed by atoms with van der Waals surface area (Å²) in [6, 6.07) is 16.9. The molecule has 31 heavy (non-hydrogen) atoms. The number of carbonyl (C=O) groups excluding carboxylic acids is 2. The van der Waals surface area contributed by atoms with E-state index < -0.39 is 0 Å². The lowest BCUT2D eigenvalue weighted by Gasteiger charge is -2.34. The average molecular weight is 421 g/mol. The number of amides is 2. The second kappa shape index (κ2) is 9.64. The molecule has 2 aliphatic heterocycles. The lowest BCUT2D eigenvalue weighted by Crippen LogP contribution is -2.47. The molecule has 2 aromatic rings. The number of nitrogens with one attached hydrogen (secondary N) is 1. The van der Waals surface area contributed by atoms with Gasteiger partial charge in [-0.2, -0.15) is 0 Å². The molecule has 0 aromatic heterocycles. The van der Waals surface area contributed by atoms with E-state index in [1.54, 1.807) is 24.3 Å². The van der Waals surface area contributed by atoms with Gasteiger partial charge in [-0.3, -0.25) is 19.5 Å². The van der Waals surface area contributed by atoms with Crippen LogP contribution in [0.1, 0.15) is 40.5 Å². The Balaban J connectivity index is 1.32. The molecule has 0 spiro atoms. The largest absolute Gasteiger partial charge is 0.490 e. The molecule has 2 aliphatic rings. The molecule has 0 atom stereocenters. The van der Waals surface area contributed by atoms with Gasteiger partial charge in [-0.05, 0) is 31.2 Å². The van der Waals surface area contributed by atoms with E-state index in [-0.39, 0.29) is 24.5 Å². The first kappa shape index (κ1) is 20.9. The van der Waals surface area contributed by atoms with Crippen LogP contribution in [0.15, 0.2) is 59.6 Å². The van der Waals surface area contributed by atoms with E-state index in [2.05, 4.69) is 15.2 Å². The second-order valence-electron chi connectivity index (χ2n) is 7.66. The molecule has 2 aromatic carbocycles. The van der Waals surface area contributed by atoms with Crippen LogP contribution in [0.2, 0.25) is 0 Å². The minimum Gasteiger partial charge on any atom is -0.490 e. The number of para-hydroxylation sites is 1. The summed E-state index contributed by atoms with van der Waals surface area (Å²) >= 11 is 0. The molecular weight excluding hydrogens is 392 g/mol. The summed E-state index contributed by atoms with van der Waals surface area (Å²) in [5, 5.41) is 3.33. The van der Waals surface area contributed by atoms with E-state index in [9.17, 15) is 9.59 Å². The maximum atomic E-state index is 12.5. The van der Waals surface area contributed by atoms with Crippen LogP contribution in [0.4, 0.5) is 0 Å². The minimum atomic E-state index is -0.236. The highest BCUT2D eigenvalue weighted by Gasteiger charge is 2.34. The summed E-state index contributed by atoms with van der Waals surface area (Å²) in [5.41, 5.74) is 0.952. The van der Waals surface area contributed by atoms with Crippen LogP contribution in [0.25, 0.3) is 0 Å². The van der Waals surface area contributed by atoms with Crippen LogP contribution in [-0.4, -0.2) is 66.4 Å². The SMILES string of the molecule is CCNC(=NCCN1C(=O)c2ccccc2C1=O)N1CCC(Oc2ccccc2)CC1. The molecule has 1 N–H and O–H groups in total. The average Bonchev–Trinajstić information content (AvgIpc) is 3.05. The highest BCUT2D eigenvalue weighted by atomic mass is 16.5. The van der Waals surface area contributed by atoms with Gasteiger partial charge in [0.1, 0.15) is 11.9 Å². The van der Waals surface area contributed by atoms with Gasteiger partial charge in [0, 0.05) is 39.0 Å². The predicted octanol–water partition coefficient (Wildman–Crippen LogP) is 2.79. The number of guanidine groups is 1. The Hall–Kier alpha value is -3.35. The number of nitrogens with zero attached hydrogens (tertiary/aromatic N) is 3. The van der Waals surface area contributed by atoms with Gasteiger partial charge in [0.2, 0.25) is 0 Å². The third kappa shape index (κ3) is 4.71. The van der Waals surface area contributed by atoms with Crippen LogP contribution >= 0.6 is 0 Å². The molecule has 1 fully saturated rings. The zero-order chi connectivity index (χ0) is 21.6. The Morgan fingerprint density at radius 2 is 1.61 bits per heavy atom. The fraction of sp³-hybridized carbons (Fsp3) is 0.375. The van der Waals surface area contributed by atoms with Crippen LogP contribution in [-0.2, 0) is 0 Å². The van der Waals surface area contributed by atoms with Crippen molar-refractivity contribution in [1.82, 2.24) is 15.1 Å². The molecule has 162 valence electrons. The fourth-order valence-corrected chi connectivity index (χ4v) is 4.00. The van der Waals surface area contributed by atoms with E-state index in [1.165, 1.54) is 4.90 Å². The summed E-state index contributed by atoms with van der Waals surface area (Å²) in [6.45, 7) is 5.12. The van der Waals surface area contributed by atoms with Gasteiger partial charge >= 0.3 is 0 Å². The van der Waals surface area contributed by atoms with Crippen LogP contribution < -0.4 is 10.1 Å². The van der Waals surface area contributed by atoms with Gasteiger partial charge in [-0.1, -0.05) is 30.3 Å². The quantitative estimate of drug-likeness (QED) is 0.442. The van der Waals surface area contributed by atoms with Crippen molar-refractivity contribution in [3.8, 4) is 5.75 Å². The fourth-order valence-electron chi connectivity index (χ4n) is 4.00. The number of hydrogen-bond donors (Lipinski definition) is 1. The van der Waals surface area contributed by atoms with Crippen molar-refractivity contribution < 1.29 is 14.3 Å². The first-order chi connectivity index (χ1) is 15.2. The molecule has 1 saturated heterocycles. The molecule has 0 radical (unpaired) electrons. The minimum absolute atomic E-state index is 0.194. The smallest absolute Gasteiger partial charge is 0.261 e. The molecule has 2 amide bonds. The zero-order valence-corrected chi connectivity index (χ0v) is 17.8. The van der Waals surface area contributed by atoms with Crippen LogP contribution in [0, 0.1) is 0 Å².